The molecule has 0 spiro atoms. The maximum absolute atomic E-state index is 13.4. The fourth-order valence-corrected chi connectivity index (χ4v) is 4.36. The Kier molecular flexibility index (Phi) is 5.25. The van der Waals surface area contributed by atoms with Gasteiger partial charge in [0.1, 0.15) is 22.8 Å². The SMILES string of the molecule is COc1ccc(Cl)c2sc(N(Cc3cccnc3)C(=O)c3cc(C)oc3C)nc12. The van der Waals surface area contributed by atoms with E-state index in [0.29, 0.717) is 45.0 Å². The number of aryl methyl sites for hydroxylation is 2. The highest BCUT2D eigenvalue weighted by molar-refractivity contribution is 7.23. The van der Waals surface area contributed by atoms with Crippen molar-refractivity contribution in [3.8, 4) is 5.75 Å². The smallest absolute Gasteiger partial charge is 0.263 e. The number of nitrogens with zero attached hydrogens (tertiary/aromatic N) is 3. The number of benzene rings is 1. The number of fused-ring (bicyclic) bond motifs is 1. The Bertz CT molecular complexity index is 1190. The van der Waals surface area contributed by atoms with Crippen LogP contribution in [0.1, 0.15) is 27.4 Å². The summed E-state index contributed by atoms with van der Waals surface area (Å²) in [5.74, 6) is 1.66. The number of rotatable bonds is 5. The maximum atomic E-state index is 13.4. The lowest BCUT2D eigenvalue weighted by Crippen LogP contribution is -2.30. The molecule has 3 heterocycles. The van der Waals surface area contributed by atoms with Crippen LogP contribution in [0.5, 0.6) is 5.75 Å². The van der Waals surface area contributed by atoms with E-state index in [1.807, 2.05) is 19.1 Å². The summed E-state index contributed by atoms with van der Waals surface area (Å²) >= 11 is 7.72. The largest absolute Gasteiger partial charge is 0.494 e. The van der Waals surface area contributed by atoms with Gasteiger partial charge in [0.25, 0.3) is 5.91 Å². The Morgan fingerprint density at radius 2 is 2.14 bits per heavy atom. The van der Waals surface area contributed by atoms with Crippen LogP contribution in [0.25, 0.3) is 10.2 Å². The first-order valence-electron chi connectivity index (χ1n) is 8.88. The number of ether oxygens (including phenoxy) is 1. The van der Waals surface area contributed by atoms with E-state index >= 15 is 0 Å². The van der Waals surface area contributed by atoms with Gasteiger partial charge in [0.15, 0.2) is 5.13 Å². The third-order valence-electron chi connectivity index (χ3n) is 4.48. The van der Waals surface area contributed by atoms with Crippen LogP contribution in [-0.4, -0.2) is 23.0 Å². The number of methoxy groups -OCH3 is 1. The van der Waals surface area contributed by atoms with E-state index in [0.717, 1.165) is 10.3 Å². The number of aromatic nitrogens is 2. The first-order chi connectivity index (χ1) is 14.0. The molecule has 0 saturated carbocycles. The first-order valence-corrected chi connectivity index (χ1v) is 10.1. The molecule has 1 amide bonds. The van der Waals surface area contributed by atoms with Crippen LogP contribution in [0.3, 0.4) is 0 Å². The third-order valence-corrected chi connectivity index (χ3v) is 6.02. The Labute approximate surface area is 176 Å². The van der Waals surface area contributed by atoms with Crippen LogP contribution in [0.15, 0.2) is 47.1 Å². The highest BCUT2D eigenvalue weighted by Gasteiger charge is 2.26. The van der Waals surface area contributed by atoms with E-state index in [9.17, 15) is 4.79 Å². The lowest BCUT2D eigenvalue weighted by atomic mass is 10.2. The van der Waals surface area contributed by atoms with Crippen molar-refractivity contribution < 1.29 is 13.9 Å². The van der Waals surface area contributed by atoms with Crippen molar-refractivity contribution in [1.29, 1.82) is 0 Å². The molecule has 0 aliphatic heterocycles. The molecule has 0 unspecified atom stereocenters. The fourth-order valence-electron chi connectivity index (χ4n) is 3.11. The van der Waals surface area contributed by atoms with Crippen molar-refractivity contribution in [2.24, 2.45) is 0 Å². The average molecular weight is 428 g/mol. The Morgan fingerprint density at radius 3 is 2.79 bits per heavy atom. The standard InChI is InChI=1S/C21H18ClN3O3S/c1-12-9-15(13(2)28-12)20(26)25(11-14-5-4-8-23-10-14)21-24-18-17(27-3)7-6-16(22)19(18)29-21/h4-10H,11H2,1-3H3. The second-order valence-corrected chi connectivity index (χ2v) is 7.89. The molecule has 0 N–H and O–H groups in total. The highest BCUT2D eigenvalue weighted by atomic mass is 35.5. The number of pyridine rings is 1. The van der Waals surface area contributed by atoms with Gasteiger partial charge in [-0.2, -0.15) is 0 Å². The van der Waals surface area contributed by atoms with Crippen molar-refractivity contribution in [1.82, 2.24) is 9.97 Å². The van der Waals surface area contributed by atoms with Gasteiger partial charge in [-0.05, 0) is 43.7 Å². The first kappa shape index (κ1) is 19.4. The predicted octanol–water partition coefficient (Wildman–Crippen LogP) is 5.41. The number of anilines is 1. The molecule has 0 radical (unpaired) electrons. The molecule has 0 bridgehead atoms. The third kappa shape index (κ3) is 3.71. The van der Waals surface area contributed by atoms with Crippen molar-refractivity contribution in [2.45, 2.75) is 20.4 Å². The summed E-state index contributed by atoms with van der Waals surface area (Å²) in [4.78, 5) is 23.9. The minimum absolute atomic E-state index is 0.197. The zero-order chi connectivity index (χ0) is 20.5. The summed E-state index contributed by atoms with van der Waals surface area (Å²) in [5.41, 5.74) is 2.02. The number of hydrogen-bond donors (Lipinski definition) is 0. The van der Waals surface area contributed by atoms with Crippen LogP contribution < -0.4 is 9.64 Å². The molecule has 0 aliphatic rings. The van der Waals surface area contributed by atoms with Gasteiger partial charge < -0.3 is 9.15 Å². The summed E-state index contributed by atoms with van der Waals surface area (Å²) in [5, 5.41) is 1.09. The molecule has 1 aromatic carbocycles. The topological polar surface area (TPSA) is 68.5 Å². The molecule has 4 rings (SSSR count). The van der Waals surface area contributed by atoms with Crippen LogP contribution >= 0.6 is 22.9 Å². The minimum atomic E-state index is -0.197. The van der Waals surface area contributed by atoms with Crippen LogP contribution in [-0.2, 0) is 6.54 Å². The molecule has 0 atom stereocenters. The van der Waals surface area contributed by atoms with Gasteiger partial charge in [-0.15, -0.1) is 0 Å². The molecule has 6 nitrogen and oxygen atoms in total. The maximum Gasteiger partial charge on any atom is 0.263 e. The second-order valence-electron chi connectivity index (χ2n) is 6.50. The molecule has 8 heteroatoms. The number of halogens is 1. The van der Waals surface area contributed by atoms with Gasteiger partial charge in [-0.3, -0.25) is 14.7 Å². The van der Waals surface area contributed by atoms with Gasteiger partial charge in [-0.25, -0.2) is 4.98 Å². The van der Waals surface area contributed by atoms with Gasteiger partial charge in [-0.1, -0.05) is 29.0 Å². The minimum Gasteiger partial charge on any atom is -0.494 e. The van der Waals surface area contributed by atoms with Gasteiger partial charge in [0.05, 0.1) is 28.9 Å². The van der Waals surface area contributed by atoms with E-state index in [1.165, 1.54) is 11.3 Å². The van der Waals surface area contributed by atoms with Crippen molar-refractivity contribution >= 4 is 44.2 Å². The zero-order valence-electron chi connectivity index (χ0n) is 16.1. The van der Waals surface area contributed by atoms with Crippen LogP contribution in [0.4, 0.5) is 5.13 Å². The molecule has 0 fully saturated rings. The molecular weight excluding hydrogens is 410 g/mol. The Balaban J connectivity index is 1.84. The van der Waals surface area contributed by atoms with Crippen molar-refractivity contribution in [2.75, 3.05) is 12.0 Å². The normalized spacial score (nSPS) is 11.0. The van der Waals surface area contributed by atoms with Crippen LogP contribution in [0, 0.1) is 13.8 Å². The number of carbonyl (C=O) groups is 1. The summed E-state index contributed by atoms with van der Waals surface area (Å²) < 4.78 is 11.8. The molecule has 4 aromatic rings. The van der Waals surface area contributed by atoms with E-state index in [2.05, 4.69) is 9.97 Å². The second kappa shape index (κ2) is 7.85. The number of amides is 1. The lowest BCUT2D eigenvalue weighted by Gasteiger charge is -2.19. The van der Waals surface area contributed by atoms with Crippen molar-refractivity contribution in [3.05, 3.63) is 70.4 Å². The molecule has 3 aromatic heterocycles. The highest BCUT2D eigenvalue weighted by Crippen LogP contribution is 2.39. The average Bonchev–Trinajstić information content (AvgIpc) is 3.30. The Hall–Kier alpha value is -2.90. The van der Waals surface area contributed by atoms with E-state index in [4.69, 9.17) is 20.8 Å². The number of thiazole rings is 1. The molecule has 29 heavy (non-hydrogen) atoms. The van der Waals surface area contributed by atoms with Gasteiger partial charge >= 0.3 is 0 Å². The number of carbonyl (C=O) groups excluding carboxylic acids is 1. The monoisotopic (exact) mass is 427 g/mol. The zero-order valence-corrected chi connectivity index (χ0v) is 17.7. The number of hydrogen-bond acceptors (Lipinski definition) is 6. The molecular formula is C21H18ClN3O3S. The summed E-state index contributed by atoms with van der Waals surface area (Å²) in [6.07, 6.45) is 3.43. The van der Waals surface area contributed by atoms with E-state index < -0.39 is 0 Å². The quantitative estimate of drug-likeness (QED) is 0.426. The van der Waals surface area contributed by atoms with Crippen LogP contribution in [0.2, 0.25) is 5.02 Å². The molecule has 148 valence electrons. The van der Waals surface area contributed by atoms with E-state index in [1.54, 1.807) is 49.5 Å². The molecule has 0 saturated heterocycles. The Morgan fingerprint density at radius 1 is 1.31 bits per heavy atom. The van der Waals surface area contributed by atoms with Gasteiger partial charge in [0.2, 0.25) is 0 Å². The van der Waals surface area contributed by atoms with Crippen molar-refractivity contribution in [3.63, 3.8) is 0 Å². The number of furan rings is 1. The lowest BCUT2D eigenvalue weighted by molar-refractivity contribution is 0.0983. The molecule has 0 aliphatic carbocycles. The summed E-state index contributed by atoms with van der Waals surface area (Å²) in [7, 11) is 1.58. The van der Waals surface area contributed by atoms with E-state index in [-0.39, 0.29) is 5.91 Å². The summed E-state index contributed by atoms with van der Waals surface area (Å²) in [6.45, 7) is 3.91. The summed E-state index contributed by atoms with van der Waals surface area (Å²) in [6, 6.07) is 9.03. The fraction of sp³-hybridized carbons (Fsp3) is 0.190. The predicted molar refractivity (Wildman–Crippen MR) is 114 cm³/mol. The van der Waals surface area contributed by atoms with Gasteiger partial charge in [0, 0.05) is 12.4 Å².